The van der Waals surface area contributed by atoms with Gasteiger partial charge < -0.3 is 30.4 Å². The number of fused-ring (bicyclic) bond motifs is 2. The van der Waals surface area contributed by atoms with Gasteiger partial charge in [-0.1, -0.05) is 17.4 Å². The van der Waals surface area contributed by atoms with Gasteiger partial charge in [0.05, 0.1) is 25.0 Å². The molecule has 18 nitrogen and oxygen atoms in total. The molecule has 45 heavy (non-hydrogen) atoms. The number of nitrogens with two attached hydrogens (primary N) is 2. The average molecular weight is 699 g/mol. The number of ether oxygens (including phenoxy) is 2. The monoisotopic (exact) mass is 698 g/mol. The van der Waals surface area contributed by atoms with Gasteiger partial charge in [0, 0.05) is 16.6 Å². The Hall–Kier alpha value is -3.16. The molecule has 22 heteroatoms. The quantitative estimate of drug-likeness (QED) is 0.126. The molecule has 4 aromatic rings. The Kier molecular flexibility index (Phi) is 8.88. The van der Waals surface area contributed by atoms with Gasteiger partial charge in [0.1, 0.15) is 47.6 Å². The SMILES string of the molecule is C=C[C@@H]1C[C@@H](COP(O)(=S)C[C@@H]2C(=O)[C@@H](CO[P+](=O)O)O[C@H]2n2c(=O)sc3c(N)ncnc32)O[C@H]1n1cnc2c(N)ncnc21. The first-order valence-electron chi connectivity index (χ1n) is 13.2. The number of aromatic nitrogens is 7. The van der Waals surface area contributed by atoms with Gasteiger partial charge in [0.2, 0.25) is 0 Å². The topological polar surface area (TPSA) is 255 Å². The molecule has 0 spiro atoms. The molecule has 8 atom stereocenters. The number of nitrogen functional groups attached to an aromatic ring is 2. The van der Waals surface area contributed by atoms with Crippen molar-refractivity contribution in [1.82, 2.24) is 34.1 Å². The highest BCUT2D eigenvalue weighted by Crippen LogP contribution is 2.50. The Bertz CT molecular complexity index is 1920. The number of ketones is 1. The van der Waals surface area contributed by atoms with E-state index in [1.54, 1.807) is 17.0 Å². The number of anilines is 2. The Labute approximate surface area is 263 Å². The van der Waals surface area contributed by atoms with Crippen LogP contribution in [-0.2, 0) is 39.7 Å². The number of nitrogens with zero attached hydrogens (tertiary/aromatic N) is 7. The summed E-state index contributed by atoms with van der Waals surface area (Å²) in [5, 5.41) is 0. The highest BCUT2D eigenvalue weighted by atomic mass is 32.5. The molecular weight excluding hydrogens is 672 g/mol. The first kappa shape index (κ1) is 31.8. The molecule has 0 radical (unpaired) electrons. The number of Topliss-reactive ketones (excluding diaryl/α,β-unsaturated/α-hetero) is 1. The van der Waals surface area contributed by atoms with Gasteiger partial charge in [-0.25, -0.2) is 24.9 Å². The lowest BCUT2D eigenvalue weighted by Gasteiger charge is -2.24. The number of hydrogen-bond donors (Lipinski definition) is 4. The molecule has 0 bridgehead atoms. The van der Waals surface area contributed by atoms with Crippen LogP contribution < -0.4 is 16.3 Å². The number of carbonyl (C=O) groups is 1. The van der Waals surface area contributed by atoms with Crippen molar-refractivity contribution in [1.29, 1.82) is 0 Å². The van der Waals surface area contributed by atoms with Crippen molar-refractivity contribution in [2.24, 2.45) is 11.8 Å². The minimum atomic E-state index is -3.72. The van der Waals surface area contributed by atoms with E-state index in [0.717, 1.165) is 22.2 Å². The van der Waals surface area contributed by atoms with E-state index >= 15 is 0 Å². The highest BCUT2D eigenvalue weighted by molar-refractivity contribution is 8.09. The van der Waals surface area contributed by atoms with Crippen molar-refractivity contribution in [3.63, 3.8) is 0 Å². The fourth-order valence-electron chi connectivity index (χ4n) is 5.40. The summed E-state index contributed by atoms with van der Waals surface area (Å²) in [6, 6.07) is 0. The van der Waals surface area contributed by atoms with Crippen LogP contribution in [0, 0.1) is 11.8 Å². The predicted molar refractivity (Wildman–Crippen MR) is 164 cm³/mol. The van der Waals surface area contributed by atoms with Crippen LogP contribution in [0.15, 0.2) is 36.4 Å². The van der Waals surface area contributed by atoms with Crippen LogP contribution in [0.3, 0.4) is 0 Å². The maximum absolute atomic E-state index is 13.5. The molecule has 238 valence electrons. The molecule has 2 fully saturated rings. The smallest absolute Gasteiger partial charge is 0.382 e. The summed E-state index contributed by atoms with van der Waals surface area (Å²) >= 11 is 6.21. The van der Waals surface area contributed by atoms with Crippen molar-refractivity contribution in [2.75, 3.05) is 30.8 Å². The van der Waals surface area contributed by atoms with Crippen LogP contribution in [0.1, 0.15) is 18.9 Å². The molecule has 0 amide bonds. The second-order valence-electron chi connectivity index (χ2n) is 10.2. The maximum Gasteiger partial charge on any atom is 0.694 e. The zero-order valence-electron chi connectivity index (χ0n) is 23.1. The molecule has 0 saturated carbocycles. The largest absolute Gasteiger partial charge is 0.694 e. The van der Waals surface area contributed by atoms with E-state index in [1.165, 1.54) is 6.33 Å². The standard InChI is InChI=1S/C23H25N9O9P2S2/c1-2-10-3-11(40-21(10)31-9-30-14-17(24)26-7-28-19(14)31)4-39-43(37,44)6-12-15(33)13(5-38-42(35)36)41-22(12)32-20-16(45-23(32)34)18(25)27-8-29-20/h2,7-13,21-22H,1,3-6H2,(H5-,24,25,26,27,28,29,35,36,37,44)/p+1/t10-,11+,12-,13-,21-,22-,43?/m1/s1. The normalized spacial score (nSPS) is 26.9. The molecule has 2 unspecified atom stereocenters. The van der Waals surface area contributed by atoms with Crippen LogP contribution in [0.4, 0.5) is 11.6 Å². The average Bonchev–Trinajstić information content (AvgIpc) is 3.75. The Morgan fingerprint density at radius 1 is 1.13 bits per heavy atom. The van der Waals surface area contributed by atoms with Gasteiger partial charge in [-0.05, 0) is 18.2 Å². The molecule has 0 aromatic carbocycles. The third-order valence-electron chi connectivity index (χ3n) is 7.44. The lowest BCUT2D eigenvalue weighted by Crippen LogP contribution is -2.29. The Balaban J connectivity index is 1.20. The van der Waals surface area contributed by atoms with E-state index in [1.807, 2.05) is 0 Å². The molecule has 0 aliphatic carbocycles. The van der Waals surface area contributed by atoms with E-state index < -0.39 is 62.6 Å². The van der Waals surface area contributed by atoms with Gasteiger partial charge in [-0.3, -0.25) is 18.7 Å². The summed E-state index contributed by atoms with van der Waals surface area (Å²) in [5.74, 6) is -1.69. The first-order chi connectivity index (χ1) is 21.5. The van der Waals surface area contributed by atoms with Crippen molar-refractivity contribution in [3.05, 3.63) is 41.3 Å². The van der Waals surface area contributed by atoms with Crippen LogP contribution in [0.2, 0.25) is 0 Å². The van der Waals surface area contributed by atoms with Gasteiger partial charge in [0.15, 0.2) is 35.6 Å². The number of thiazole rings is 1. The van der Waals surface area contributed by atoms with Gasteiger partial charge in [0.25, 0.3) is 0 Å². The first-order valence-corrected chi connectivity index (χ1v) is 18.0. The number of imidazole rings is 1. The van der Waals surface area contributed by atoms with E-state index in [4.69, 9.17) is 46.7 Å². The van der Waals surface area contributed by atoms with E-state index in [9.17, 15) is 19.0 Å². The molecule has 2 aliphatic rings. The third-order valence-corrected chi connectivity index (χ3v) is 10.9. The molecule has 6 N–H and O–H groups in total. The Morgan fingerprint density at radius 2 is 1.87 bits per heavy atom. The van der Waals surface area contributed by atoms with Crippen LogP contribution >= 0.6 is 26.1 Å². The Morgan fingerprint density at radius 3 is 2.60 bits per heavy atom. The van der Waals surface area contributed by atoms with Crippen LogP contribution in [-0.4, -0.2) is 81.2 Å². The molecule has 4 aromatic heterocycles. The highest BCUT2D eigenvalue weighted by Gasteiger charge is 2.49. The van der Waals surface area contributed by atoms with Crippen LogP contribution in [0.25, 0.3) is 21.5 Å². The minimum absolute atomic E-state index is 0.0572. The fourth-order valence-corrected chi connectivity index (χ4v) is 8.55. The molecule has 2 saturated heterocycles. The maximum atomic E-state index is 13.5. The van der Waals surface area contributed by atoms with Gasteiger partial charge in [-0.2, -0.15) is 0 Å². The van der Waals surface area contributed by atoms with E-state index in [-0.39, 0.29) is 40.7 Å². The lowest BCUT2D eigenvalue weighted by molar-refractivity contribution is -0.125. The second kappa shape index (κ2) is 12.6. The van der Waals surface area contributed by atoms with Crippen molar-refractivity contribution in [2.45, 2.75) is 31.1 Å². The summed E-state index contributed by atoms with van der Waals surface area (Å²) in [5.41, 5.74) is 12.9. The fraction of sp³-hybridized carbons (Fsp3) is 0.435. The van der Waals surface area contributed by atoms with Crippen molar-refractivity contribution < 1.29 is 37.7 Å². The zero-order chi connectivity index (χ0) is 32.0. The summed E-state index contributed by atoms with van der Waals surface area (Å²) < 4.78 is 36.9. The van der Waals surface area contributed by atoms with Crippen molar-refractivity contribution >= 4 is 76.8 Å². The summed E-state index contributed by atoms with van der Waals surface area (Å²) in [7, 11) is -3.03. The van der Waals surface area contributed by atoms with E-state index in [0.29, 0.717) is 17.6 Å². The predicted octanol–water partition coefficient (Wildman–Crippen LogP) is 1.01. The molecular formula is C23H26N9O9P2S2+. The van der Waals surface area contributed by atoms with E-state index in [2.05, 4.69) is 31.5 Å². The summed E-state index contributed by atoms with van der Waals surface area (Å²) in [6.45, 7) is -0.502. The van der Waals surface area contributed by atoms with Gasteiger partial charge in [-0.15, -0.1) is 16.0 Å². The minimum Gasteiger partial charge on any atom is -0.382 e. The summed E-state index contributed by atoms with van der Waals surface area (Å²) in [6.07, 6.45) is 2.13. The zero-order valence-corrected chi connectivity index (χ0v) is 26.5. The number of rotatable bonds is 11. The second-order valence-corrected chi connectivity index (χ2v) is 15.5. The third kappa shape index (κ3) is 6.18. The summed E-state index contributed by atoms with van der Waals surface area (Å²) in [4.78, 5) is 66.9. The number of carbonyl (C=O) groups excluding carboxylic acids is 1. The molecule has 6 rings (SSSR count). The number of hydrogen-bond acceptors (Lipinski definition) is 16. The lowest BCUT2D eigenvalue weighted by atomic mass is 10.0. The molecule has 2 aliphatic heterocycles. The van der Waals surface area contributed by atoms with Crippen LogP contribution in [0.5, 0.6) is 0 Å². The molecule has 6 heterocycles. The van der Waals surface area contributed by atoms with Crippen molar-refractivity contribution in [3.8, 4) is 0 Å². The van der Waals surface area contributed by atoms with Gasteiger partial charge >= 0.3 is 13.1 Å².